The number of methoxy groups -OCH3 is 1. The Morgan fingerprint density at radius 1 is 1.06 bits per heavy atom. The minimum atomic E-state index is -0.443. The Hall–Kier alpha value is -2.71. The SMILES string of the molecule is COc1cc(N2CCC(c3nnc4n3-c3ccc(Cl)cc3CN(C3CC3)C4)CC2)ncc1F. The second-order valence-corrected chi connectivity index (χ2v) is 9.59. The van der Waals surface area contributed by atoms with Gasteiger partial charge in [0.1, 0.15) is 11.6 Å². The highest BCUT2D eigenvalue weighted by molar-refractivity contribution is 6.30. The molecule has 33 heavy (non-hydrogen) atoms. The number of piperidine rings is 1. The predicted octanol–water partition coefficient (Wildman–Crippen LogP) is 4.33. The van der Waals surface area contributed by atoms with E-state index in [1.165, 1.54) is 31.7 Å². The van der Waals surface area contributed by atoms with Gasteiger partial charge in [-0.1, -0.05) is 11.6 Å². The quantitative estimate of drug-likeness (QED) is 0.568. The third-order valence-electron chi connectivity index (χ3n) is 7.03. The number of anilines is 1. The molecular weight excluding hydrogens is 443 g/mol. The van der Waals surface area contributed by atoms with Crippen LogP contribution in [0, 0.1) is 5.82 Å². The third-order valence-corrected chi connectivity index (χ3v) is 7.26. The van der Waals surface area contributed by atoms with Gasteiger partial charge in [0, 0.05) is 42.7 Å². The number of hydrogen-bond acceptors (Lipinski definition) is 6. The number of pyridine rings is 1. The number of nitrogens with zero attached hydrogens (tertiary/aromatic N) is 6. The van der Waals surface area contributed by atoms with Gasteiger partial charge in [0.15, 0.2) is 17.4 Å². The molecule has 0 radical (unpaired) electrons. The second kappa shape index (κ2) is 8.25. The molecule has 1 aromatic carbocycles. The molecule has 1 aliphatic carbocycles. The topological polar surface area (TPSA) is 59.3 Å². The molecule has 0 unspecified atom stereocenters. The van der Waals surface area contributed by atoms with Crippen molar-refractivity contribution in [2.75, 3.05) is 25.1 Å². The van der Waals surface area contributed by atoms with Gasteiger partial charge in [-0.15, -0.1) is 10.2 Å². The fourth-order valence-corrected chi connectivity index (χ4v) is 5.31. The van der Waals surface area contributed by atoms with Crippen LogP contribution in [0.15, 0.2) is 30.5 Å². The van der Waals surface area contributed by atoms with Crippen molar-refractivity contribution in [2.24, 2.45) is 0 Å². The Bertz CT molecular complexity index is 1190. The first kappa shape index (κ1) is 20.9. The molecule has 0 atom stereocenters. The minimum Gasteiger partial charge on any atom is -0.493 e. The monoisotopic (exact) mass is 468 g/mol. The lowest BCUT2D eigenvalue weighted by molar-refractivity contribution is 0.243. The van der Waals surface area contributed by atoms with Crippen molar-refractivity contribution in [3.63, 3.8) is 0 Å². The summed E-state index contributed by atoms with van der Waals surface area (Å²) < 4.78 is 21.2. The Morgan fingerprint density at radius 2 is 1.88 bits per heavy atom. The lowest BCUT2D eigenvalue weighted by Gasteiger charge is -2.32. The zero-order chi connectivity index (χ0) is 22.5. The van der Waals surface area contributed by atoms with E-state index in [4.69, 9.17) is 16.3 Å². The highest BCUT2D eigenvalue weighted by Crippen LogP contribution is 2.37. The number of halogens is 2. The molecule has 6 rings (SSSR count). The van der Waals surface area contributed by atoms with Gasteiger partial charge in [0.2, 0.25) is 0 Å². The van der Waals surface area contributed by atoms with E-state index in [0.29, 0.717) is 12.0 Å². The van der Waals surface area contributed by atoms with E-state index in [1.54, 1.807) is 6.07 Å². The molecule has 1 saturated carbocycles. The van der Waals surface area contributed by atoms with Crippen LogP contribution in [0.3, 0.4) is 0 Å². The molecule has 0 amide bonds. The minimum absolute atomic E-state index is 0.223. The largest absolute Gasteiger partial charge is 0.493 e. The molecule has 0 bridgehead atoms. The summed E-state index contributed by atoms with van der Waals surface area (Å²) in [6.07, 6.45) is 5.57. The van der Waals surface area contributed by atoms with Crippen molar-refractivity contribution in [2.45, 2.75) is 50.7 Å². The number of aromatic nitrogens is 4. The van der Waals surface area contributed by atoms with Crippen LogP contribution in [-0.4, -0.2) is 50.9 Å². The third kappa shape index (κ3) is 3.85. The fourth-order valence-electron chi connectivity index (χ4n) is 5.12. The standard InChI is InChI=1S/C24H26ClFN6O/c1-33-21-11-22(27-12-19(21)26)30-8-6-15(7-9-30)24-29-28-23-14-31(18-3-4-18)13-16-10-17(25)2-5-20(16)32(23)24/h2,5,10-12,15,18H,3-4,6-9,13-14H2,1H3. The van der Waals surface area contributed by atoms with Crippen molar-refractivity contribution in [3.8, 4) is 11.4 Å². The van der Waals surface area contributed by atoms with Crippen molar-refractivity contribution < 1.29 is 9.13 Å². The first-order chi connectivity index (χ1) is 16.1. The van der Waals surface area contributed by atoms with Gasteiger partial charge in [0.25, 0.3) is 0 Å². The van der Waals surface area contributed by atoms with Gasteiger partial charge < -0.3 is 9.64 Å². The van der Waals surface area contributed by atoms with Crippen LogP contribution in [0.2, 0.25) is 5.02 Å². The van der Waals surface area contributed by atoms with Crippen LogP contribution >= 0.6 is 11.6 Å². The van der Waals surface area contributed by atoms with Crippen molar-refractivity contribution in [1.29, 1.82) is 0 Å². The van der Waals surface area contributed by atoms with Crippen molar-refractivity contribution in [1.82, 2.24) is 24.6 Å². The maximum atomic E-state index is 13.8. The number of hydrogen-bond donors (Lipinski definition) is 0. The van der Waals surface area contributed by atoms with Crippen LogP contribution < -0.4 is 9.64 Å². The Balaban J connectivity index is 1.28. The Labute approximate surface area is 197 Å². The molecule has 172 valence electrons. The van der Waals surface area contributed by atoms with Crippen LogP contribution in [-0.2, 0) is 13.1 Å². The maximum absolute atomic E-state index is 13.8. The molecule has 3 aromatic rings. The van der Waals surface area contributed by atoms with Gasteiger partial charge in [-0.2, -0.15) is 0 Å². The van der Waals surface area contributed by atoms with E-state index >= 15 is 0 Å². The van der Waals surface area contributed by atoms with Gasteiger partial charge >= 0.3 is 0 Å². The molecule has 3 aliphatic rings. The van der Waals surface area contributed by atoms with Crippen LogP contribution in [0.25, 0.3) is 5.69 Å². The normalized spacial score (nSPS) is 19.2. The zero-order valence-electron chi connectivity index (χ0n) is 18.5. The van der Waals surface area contributed by atoms with Gasteiger partial charge in [-0.3, -0.25) is 9.47 Å². The summed E-state index contributed by atoms with van der Waals surface area (Å²) in [5.74, 6) is 2.84. The van der Waals surface area contributed by atoms with E-state index in [0.717, 1.165) is 67.2 Å². The lowest BCUT2D eigenvalue weighted by atomic mass is 9.95. The summed E-state index contributed by atoms with van der Waals surface area (Å²) in [5, 5.41) is 10.1. The van der Waals surface area contributed by atoms with Crippen LogP contribution in [0.4, 0.5) is 10.2 Å². The zero-order valence-corrected chi connectivity index (χ0v) is 19.3. The summed E-state index contributed by atoms with van der Waals surface area (Å²) >= 11 is 6.37. The van der Waals surface area contributed by atoms with Crippen LogP contribution in [0.1, 0.15) is 48.8 Å². The van der Waals surface area contributed by atoms with E-state index in [2.05, 4.69) is 41.7 Å². The molecular formula is C24H26ClFN6O. The molecule has 0 spiro atoms. The highest BCUT2D eigenvalue weighted by Gasteiger charge is 2.35. The van der Waals surface area contributed by atoms with Crippen molar-refractivity contribution in [3.05, 3.63) is 58.5 Å². The van der Waals surface area contributed by atoms with Gasteiger partial charge in [-0.05, 0) is 49.4 Å². The fraction of sp³-hybridized carbons (Fsp3) is 0.458. The lowest BCUT2D eigenvalue weighted by Crippen LogP contribution is -2.34. The van der Waals surface area contributed by atoms with Crippen LogP contribution in [0.5, 0.6) is 5.75 Å². The molecule has 1 saturated heterocycles. The summed E-state index contributed by atoms with van der Waals surface area (Å²) in [6, 6.07) is 8.45. The number of fused-ring (bicyclic) bond motifs is 3. The summed E-state index contributed by atoms with van der Waals surface area (Å²) in [7, 11) is 1.47. The molecule has 4 heterocycles. The van der Waals surface area contributed by atoms with E-state index in [1.807, 2.05) is 6.07 Å². The number of benzene rings is 1. The summed E-state index contributed by atoms with van der Waals surface area (Å²) in [6.45, 7) is 3.33. The molecule has 2 aromatic heterocycles. The van der Waals surface area contributed by atoms with E-state index in [-0.39, 0.29) is 5.75 Å². The first-order valence-corrected chi connectivity index (χ1v) is 11.9. The summed E-state index contributed by atoms with van der Waals surface area (Å²) in [5.41, 5.74) is 2.37. The predicted molar refractivity (Wildman–Crippen MR) is 124 cm³/mol. The average Bonchev–Trinajstić information content (AvgIpc) is 3.62. The summed E-state index contributed by atoms with van der Waals surface area (Å²) in [4.78, 5) is 8.95. The Morgan fingerprint density at radius 3 is 2.64 bits per heavy atom. The molecule has 2 fully saturated rings. The van der Waals surface area contributed by atoms with Gasteiger partial charge in [-0.25, -0.2) is 9.37 Å². The molecule has 7 nitrogen and oxygen atoms in total. The van der Waals surface area contributed by atoms with Crippen molar-refractivity contribution >= 4 is 17.4 Å². The van der Waals surface area contributed by atoms with E-state index < -0.39 is 5.82 Å². The van der Waals surface area contributed by atoms with Gasteiger partial charge in [0.05, 0.1) is 25.5 Å². The average molecular weight is 469 g/mol. The molecule has 2 aliphatic heterocycles. The second-order valence-electron chi connectivity index (χ2n) is 9.16. The Kier molecular flexibility index (Phi) is 5.22. The smallest absolute Gasteiger partial charge is 0.183 e. The van der Waals surface area contributed by atoms with E-state index in [9.17, 15) is 4.39 Å². The number of ether oxygens (including phenoxy) is 1. The maximum Gasteiger partial charge on any atom is 0.183 e. The number of rotatable bonds is 4. The molecule has 9 heteroatoms. The highest BCUT2D eigenvalue weighted by atomic mass is 35.5. The first-order valence-electron chi connectivity index (χ1n) is 11.5. The molecule has 0 N–H and O–H groups in total.